The monoisotopic (exact) mass is 532 g/mol. The van der Waals surface area contributed by atoms with E-state index in [4.69, 9.17) is 0 Å². The number of nitrogens with zero attached hydrogens (tertiary/aromatic N) is 3. The van der Waals surface area contributed by atoms with Crippen molar-refractivity contribution >= 4 is 11.7 Å². The lowest BCUT2D eigenvalue weighted by atomic mass is 9.69. The minimum Gasteiger partial charge on any atom is -0.392 e. The molecule has 10 heteroatoms. The van der Waals surface area contributed by atoms with Crippen molar-refractivity contribution in [3.8, 4) is 6.07 Å². The molecule has 2 N–H and O–H groups in total. The number of likely N-dealkylation sites (tertiary alicyclic amines) is 1. The minimum atomic E-state index is -4.88. The molecule has 4 rings (SSSR count). The summed E-state index contributed by atoms with van der Waals surface area (Å²) in [6.45, 7) is 4.24. The van der Waals surface area contributed by atoms with Crippen molar-refractivity contribution in [2.45, 2.75) is 62.8 Å². The van der Waals surface area contributed by atoms with Gasteiger partial charge in [0.25, 0.3) is 0 Å². The molecule has 0 bridgehead atoms. The number of hydrogen-bond donors (Lipinski definition) is 2. The van der Waals surface area contributed by atoms with E-state index >= 15 is 0 Å². The summed E-state index contributed by atoms with van der Waals surface area (Å²) in [6.07, 6.45) is -1.72. The fourth-order valence-corrected chi connectivity index (χ4v) is 5.53. The van der Waals surface area contributed by atoms with Gasteiger partial charge in [-0.25, -0.2) is 9.18 Å². The van der Waals surface area contributed by atoms with Crippen LogP contribution in [0.15, 0.2) is 42.5 Å². The largest absolute Gasteiger partial charge is 0.419 e. The molecule has 1 aliphatic heterocycles. The quantitative estimate of drug-likeness (QED) is 0.481. The van der Waals surface area contributed by atoms with Gasteiger partial charge in [-0.1, -0.05) is 19.1 Å². The molecule has 2 aliphatic rings. The number of aliphatic hydroxyl groups excluding tert-OH is 1. The normalized spacial score (nSPS) is 24.1. The van der Waals surface area contributed by atoms with Crippen LogP contribution in [0.1, 0.15) is 55.7 Å². The molecular formula is C28H32F4N4O2. The number of nitrogens with one attached hydrogen (secondary N) is 1. The lowest BCUT2D eigenvalue weighted by molar-refractivity contribution is -0.139. The Morgan fingerprint density at radius 2 is 1.95 bits per heavy atom. The van der Waals surface area contributed by atoms with Gasteiger partial charge in [-0.15, -0.1) is 0 Å². The Hall–Kier alpha value is -3.16. The SMILES string of the molecule is CC1(c2cccc(C#N)c2)CCC(N(CCN2CC[C@@H](O)C2)C(=O)Nc2ccc(F)c(C(F)(F)F)c2)CC1. The predicted octanol–water partition coefficient (Wildman–Crippen LogP) is 5.52. The second-order valence-corrected chi connectivity index (χ2v) is 10.5. The summed E-state index contributed by atoms with van der Waals surface area (Å²) in [5, 5.41) is 21.7. The van der Waals surface area contributed by atoms with Crippen LogP contribution >= 0.6 is 0 Å². The minimum absolute atomic E-state index is 0.126. The Bertz CT molecular complexity index is 1190. The fourth-order valence-electron chi connectivity index (χ4n) is 5.53. The van der Waals surface area contributed by atoms with Crippen molar-refractivity contribution in [1.82, 2.24) is 9.80 Å². The average molecular weight is 533 g/mol. The molecule has 1 heterocycles. The zero-order chi connectivity index (χ0) is 27.5. The van der Waals surface area contributed by atoms with E-state index < -0.39 is 29.7 Å². The van der Waals surface area contributed by atoms with E-state index in [1.807, 2.05) is 18.2 Å². The molecule has 1 saturated heterocycles. The van der Waals surface area contributed by atoms with Crippen LogP contribution in [-0.4, -0.2) is 59.3 Å². The number of benzene rings is 2. The Balaban J connectivity index is 1.50. The number of alkyl halides is 3. The molecule has 2 amide bonds. The van der Waals surface area contributed by atoms with Gasteiger partial charge in [-0.2, -0.15) is 18.4 Å². The molecule has 0 spiro atoms. The van der Waals surface area contributed by atoms with Gasteiger partial charge in [0.2, 0.25) is 0 Å². The molecule has 2 aromatic rings. The molecule has 1 saturated carbocycles. The summed E-state index contributed by atoms with van der Waals surface area (Å²) in [5.41, 5.74) is -0.0520. The first-order chi connectivity index (χ1) is 18.0. The molecule has 0 radical (unpaired) electrons. The Kier molecular flexibility index (Phi) is 8.28. The van der Waals surface area contributed by atoms with E-state index in [9.17, 15) is 32.7 Å². The summed E-state index contributed by atoms with van der Waals surface area (Å²) in [4.78, 5) is 17.1. The van der Waals surface area contributed by atoms with Crippen molar-refractivity contribution in [3.05, 3.63) is 65.0 Å². The van der Waals surface area contributed by atoms with Crippen LogP contribution in [-0.2, 0) is 11.6 Å². The number of urea groups is 1. The molecule has 2 fully saturated rings. The van der Waals surface area contributed by atoms with Crippen LogP contribution < -0.4 is 5.32 Å². The summed E-state index contributed by atoms with van der Waals surface area (Å²) < 4.78 is 53.3. The second-order valence-electron chi connectivity index (χ2n) is 10.5. The van der Waals surface area contributed by atoms with Crippen LogP contribution in [0, 0.1) is 17.1 Å². The Morgan fingerprint density at radius 1 is 1.21 bits per heavy atom. The standard InChI is InChI=1S/C28H32F4N4O2/c1-27(20-4-2-3-19(15-20)17-33)10-7-22(8-11-27)36(14-13-35-12-9-23(37)18-35)26(38)34-21-5-6-25(29)24(16-21)28(30,31)32/h2-6,15-16,22-23,37H,7-14,18H2,1H3,(H,34,38)/t22?,23-,27?/m1/s1. The van der Waals surface area contributed by atoms with E-state index in [-0.39, 0.29) is 17.1 Å². The van der Waals surface area contributed by atoms with Crippen molar-refractivity contribution in [2.24, 2.45) is 0 Å². The van der Waals surface area contributed by atoms with Crippen LogP contribution in [0.5, 0.6) is 0 Å². The second kappa shape index (κ2) is 11.3. The maximum atomic E-state index is 13.8. The number of hydrogen-bond acceptors (Lipinski definition) is 4. The van der Waals surface area contributed by atoms with Crippen molar-refractivity contribution in [1.29, 1.82) is 5.26 Å². The number of anilines is 1. The number of carbonyl (C=O) groups excluding carboxylic acids is 1. The van der Waals surface area contributed by atoms with Gasteiger partial charge in [-0.05, 0) is 73.4 Å². The average Bonchev–Trinajstić information content (AvgIpc) is 3.30. The van der Waals surface area contributed by atoms with Crippen molar-refractivity contribution in [3.63, 3.8) is 0 Å². The maximum Gasteiger partial charge on any atom is 0.419 e. The summed E-state index contributed by atoms with van der Waals surface area (Å²) >= 11 is 0. The highest BCUT2D eigenvalue weighted by molar-refractivity contribution is 5.89. The number of halogens is 4. The van der Waals surface area contributed by atoms with Crippen LogP contribution in [0.25, 0.3) is 0 Å². The number of carbonyl (C=O) groups is 1. The van der Waals surface area contributed by atoms with E-state index in [1.165, 1.54) is 0 Å². The lowest BCUT2D eigenvalue weighted by Gasteiger charge is -2.42. The number of amides is 2. The summed E-state index contributed by atoms with van der Waals surface area (Å²) in [7, 11) is 0. The molecule has 1 aliphatic carbocycles. The van der Waals surface area contributed by atoms with Gasteiger partial charge < -0.3 is 15.3 Å². The molecule has 0 unspecified atom stereocenters. The lowest BCUT2D eigenvalue weighted by Crippen LogP contribution is -2.49. The predicted molar refractivity (Wildman–Crippen MR) is 135 cm³/mol. The first-order valence-electron chi connectivity index (χ1n) is 12.8. The summed E-state index contributed by atoms with van der Waals surface area (Å²) in [5.74, 6) is -1.40. The van der Waals surface area contributed by atoms with E-state index in [0.29, 0.717) is 63.1 Å². The zero-order valence-electron chi connectivity index (χ0n) is 21.3. The van der Waals surface area contributed by atoms with E-state index in [1.54, 1.807) is 11.0 Å². The molecule has 6 nitrogen and oxygen atoms in total. The molecule has 0 aromatic heterocycles. The Labute approximate surface area is 219 Å². The topological polar surface area (TPSA) is 79.6 Å². The van der Waals surface area contributed by atoms with Crippen LogP contribution in [0.4, 0.5) is 28.0 Å². The van der Waals surface area contributed by atoms with Gasteiger partial charge in [0.15, 0.2) is 0 Å². The highest BCUT2D eigenvalue weighted by atomic mass is 19.4. The number of aliphatic hydroxyl groups is 1. The molecule has 2 aromatic carbocycles. The molecule has 1 atom stereocenters. The van der Waals surface area contributed by atoms with Gasteiger partial charge in [0, 0.05) is 37.9 Å². The van der Waals surface area contributed by atoms with E-state index in [0.717, 1.165) is 24.5 Å². The van der Waals surface area contributed by atoms with Crippen molar-refractivity contribution in [2.75, 3.05) is 31.5 Å². The van der Waals surface area contributed by atoms with Crippen molar-refractivity contribution < 1.29 is 27.5 Å². The van der Waals surface area contributed by atoms with Crippen LogP contribution in [0.2, 0.25) is 0 Å². The van der Waals surface area contributed by atoms with Crippen LogP contribution in [0.3, 0.4) is 0 Å². The summed E-state index contributed by atoms with van der Waals surface area (Å²) in [6, 6.07) is 11.5. The third kappa shape index (κ3) is 6.45. The molecular weight excluding hydrogens is 500 g/mol. The van der Waals surface area contributed by atoms with Gasteiger partial charge in [0.05, 0.1) is 23.3 Å². The molecule has 38 heavy (non-hydrogen) atoms. The van der Waals surface area contributed by atoms with Gasteiger partial charge >= 0.3 is 12.2 Å². The zero-order valence-corrected chi connectivity index (χ0v) is 21.3. The highest BCUT2D eigenvalue weighted by Gasteiger charge is 2.37. The van der Waals surface area contributed by atoms with E-state index in [2.05, 4.69) is 23.2 Å². The smallest absolute Gasteiger partial charge is 0.392 e. The number of rotatable bonds is 6. The maximum absolute atomic E-state index is 13.8. The first-order valence-corrected chi connectivity index (χ1v) is 12.8. The Morgan fingerprint density at radius 3 is 2.58 bits per heavy atom. The van der Waals surface area contributed by atoms with Gasteiger partial charge in [-0.3, -0.25) is 4.90 Å². The third-order valence-corrected chi connectivity index (χ3v) is 7.88. The fraction of sp³-hybridized carbons (Fsp3) is 0.500. The first kappa shape index (κ1) is 27.9. The number of β-amino-alcohol motifs (C(OH)–C–C–N with tert-alkyl or cyclic N) is 1. The van der Waals surface area contributed by atoms with Gasteiger partial charge in [0.1, 0.15) is 5.82 Å². The number of nitriles is 1. The molecule has 204 valence electrons. The highest BCUT2D eigenvalue weighted by Crippen LogP contribution is 2.41. The third-order valence-electron chi connectivity index (χ3n) is 7.88.